The number of hydrogen-bond acceptors (Lipinski definition) is 8. The van der Waals surface area contributed by atoms with E-state index in [-0.39, 0.29) is 5.92 Å². The van der Waals surface area contributed by atoms with Gasteiger partial charge in [0.1, 0.15) is 42.2 Å². The van der Waals surface area contributed by atoms with Crippen LogP contribution in [0.3, 0.4) is 0 Å². The lowest BCUT2D eigenvalue weighted by molar-refractivity contribution is 0.237. The van der Waals surface area contributed by atoms with Crippen LogP contribution in [0.15, 0.2) is 96.9 Å². The molecular weight excluding hydrogens is 622 g/mol. The second-order valence-electron chi connectivity index (χ2n) is 13.5. The van der Waals surface area contributed by atoms with Crippen LogP contribution in [0, 0.1) is 17.6 Å². The van der Waals surface area contributed by atoms with E-state index in [0.29, 0.717) is 24.8 Å². The zero-order valence-electron chi connectivity index (χ0n) is 28.3. The molecule has 2 aliphatic heterocycles. The fourth-order valence-corrected chi connectivity index (χ4v) is 7.52. The van der Waals surface area contributed by atoms with Gasteiger partial charge in [0.2, 0.25) is 0 Å². The van der Waals surface area contributed by atoms with Crippen molar-refractivity contribution in [3.63, 3.8) is 0 Å². The first-order valence-corrected chi connectivity index (χ1v) is 17.2. The maximum absolute atomic E-state index is 15.0. The van der Waals surface area contributed by atoms with Gasteiger partial charge in [-0.3, -0.25) is 9.58 Å². The monoisotopic (exact) mass is 666 g/mol. The van der Waals surface area contributed by atoms with E-state index in [2.05, 4.69) is 81.8 Å². The van der Waals surface area contributed by atoms with Gasteiger partial charge in [0.25, 0.3) is 0 Å². The number of nitrogens with zero attached hydrogens (tertiary/aromatic N) is 8. The summed E-state index contributed by atoms with van der Waals surface area (Å²) in [7, 11) is 0. The molecule has 1 aromatic heterocycles. The average molecular weight is 667 g/mol. The molecule has 9 nitrogen and oxygen atoms in total. The van der Waals surface area contributed by atoms with Crippen molar-refractivity contribution in [3.8, 4) is 5.75 Å². The molecule has 3 aliphatic rings. The Balaban J connectivity index is 0.911. The minimum atomic E-state index is -0.569. The van der Waals surface area contributed by atoms with Crippen LogP contribution in [-0.4, -0.2) is 64.9 Å². The molecule has 0 spiro atoms. The van der Waals surface area contributed by atoms with Crippen LogP contribution in [0.5, 0.6) is 5.75 Å². The summed E-state index contributed by atoms with van der Waals surface area (Å²) in [6.45, 7) is 13.3. The van der Waals surface area contributed by atoms with Crippen molar-refractivity contribution in [2.45, 2.75) is 57.5 Å². The number of anilines is 3. The van der Waals surface area contributed by atoms with Crippen LogP contribution >= 0.6 is 0 Å². The molecule has 3 unspecified atom stereocenters. The Hall–Kier alpha value is -4.93. The highest BCUT2D eigenvalue weighted by atomic mass is 19.1. The SMILES string of the molecule is C=C1N(c2ccc(N3CCN(c4ccc(OCC5CCC(Cn6cncn6)(c6ccc(F)cc6F)C5)cc4)CC3)cc2)C=NN1C(C)CC. The minimum absolute atomic E-state index is 0.233. The lowest BCUT2D eigenvalue weighted by Crippen LogP contribution is -2.46. The van der Waals surface area contributed by atoms with E-state index in [1.165, 1.54) is 23.8 Å². The highest BCUT2D eigenvalue weighted by Gasteiger charge is 2.43. The highest BCUT2D eigenvalue weighted by molar-refractivity contribution is 5.85. The largest absolute Gasteiger partial charge is 0.493 e. The molecule has 3 atom stereocenters. The van der Waals surface area contributed by atoms with E-state index in [4.69, 9.17) is 4.74 Å². The number of piperazine rings is 1. The van der Waals surface area contributed by atoms with E-state index >= 15 is 4.39 Å². The van der Waals surface area contributed by atoms with Gasteiger partial charge in [-0.25, -0.2) is 18.8 Å². The van der Waals surface area contributed by atoms with Gasteiger partial charge in [-0.2, -0.15) is 10.2 Å². The fraction of sp³-hybridized carbons (Fsp3) is 0.395. The topological polar surface area (TPSA) is 65.3 Å². The second-order valence-corrected chi connectivity index (χ2v) is 13.5. The van der Waals surface area contributed by atoms with Crippen molar-refractivity contribution in [1.82, 2.24) is 19.8 Å². The maximum Gasteiger partial charge on any atom is 0.137 e. The molecule has 0 bridgehead atoms. The number of hydrogen-bond donors (Lipinski definition) is 0. The standard InChI is InChI=1S/C38H44F2N8O/c1-4-28(2)48-29(3)47(27-43-48)34-8-6-32(7-9-34)44-17-19-45(20-18-44)33-10-12-35(13-11-33)49-23-30-15-16-38(22-30,24-46-26-41-25-42-46)36-14-5-31(39)21-37(36)40/h5-14,21,25-28,30H,3-4,15-20,22-24H2,1-2H3. The summed E-state index contributed by atoms with van der Waals surface area (Å²) in [5.41, 5.74) is 3.49. The van der Waals surface area contributed by atoms with Gasteiger partial charge >= 0.3 is 0 Å². The first-order chi connectivity index (χ1) is 23.8. The minimum Gasteiger partial charge on any atom is -0.493 e. The fourth-order valence-electron chi connectivity index (χ4n) is 7.52. The van der Waals surface area contributed by atoms with Gasteiger partial charge in [0.15, 0.2) is 0 Å². The maximum atomic E-state index is 15.0. The van der Waals surface area contributed by atoms with Crippen molar-refractivity contribution in [3.05, 3.63) is 109 Å². The van der Waals surface area contributed by atoms with Crippen LogP contribution in [0.2, 0.25) is 0 Å². The van der Waals surface area contributed by atoms with Crippen LogP contribution in [-0.2, 0) is 12.0 Å². The van der Waals surface area contributed by atoms with E-state index in [9.17, 15) is 4.39 Å². The summed E-state index contributed by atoms with van der Waals surface area (Å²) in [5, 5.41) is 10.8. The first-order valence-electron chi connectivity index (χ1n) is 17.2. The van der Waals surface area contributed by atoms with E-state index < -0.39 is 17.0 Å². The second kappa shape index (κ2) is 13.9. The van der Waals surface area contributed by atoms with Gasteiger partial charge in [-0.1, -0.05) is 19.6 Å². The van der Waals surface area contributed by atoms with Crippen molar-refractivity contribution in [2.24, 2.45) is 11.0 Å². The molecule has 2 fully saturated rings. The Morgan fingerprint density at radius 3 is 2.24 bits per heavy atom. The van der Waals surface area contributed by atoms with Crippen molar-refractivity contribution in [1.29, 1.82) is 0 Å². The molecule has 3 heterocycles. The molecule has 1 saturated carbocycles. The summed E-state index contributed by atoms with van der Waals surface area (Å²) >= 11 is 0. The Bertz CT molecular complexity index is 1760. The number of ether oxygens (including phenoxy) is 1. The molecule has 0 N–H and O–H groups in total. The Morgan fingerprint density at radius 2 is 1.61 bits per heavy atom. The summed E-state index contributed by atoms with van der Waals surface area (Å²) < 4.78 is 36.8. The highest BCUT2D eigenvalue weighted by Crippen LogP contribution is 2.46. The summed E-state index contributed by atoms with van der Waals surface area (Å²) in [6, 6.07) is 21.2. The van der Waals surface area contributed by atoms with Crippen molar-refractivity contribution < 1.29 is 13.5 Å². The molecule has 1 aliphatic carbocycles. The van der Waals surface area contributed by atoms with Gasteiger partial charge < -0.3 is 14.5 Å². The lowest BCUT2D eigenvalue weighted by atomic mass is 9.77. The van der Waals surface area contributed by atoms with E-state index in [1.807, 2.05) is 28.4 Å². The number of halogens is 2. The normalized spacial score (nSPS) is 21.6. The van der Waals surface area contributed by atoms with Crippen molar-refractivity contribution in [2.75, 3.05) is 47.5 Å². The Morgan fingerprint density at radius 1 is 0.939 bits per heavy atom. The summed E-state index contributed by atoms with van der Waals surface area (Å²) in [5.74, 6) is 0.855. The van der Waals surface area contributed by atoms with E-state index in [1.54, 1.807) is 17.1 Å². The molecule has 1 saturated heterocycles. The van der Waals surface area contributed by atoms with Gasteiger partial charge in [-0.15, -0.1) is 0 Å². The molecule has 7 rings (SSSR count). The molecule has 256 valence electrons. The predicted octanol–water partition coefficient (Wildman–Crippen LogP) is 7.04. The van der Waals surface area contributed by atoms with Gasteiger partial charge in [0, 0.05) is 54.7 Å². The third-order valence-corrected chi connectivity index (χ3v) is 10.4. The van der Waals surface area contributed by atoms with Crippen molar-refractivity contribution >= 4 is 23.4 Å². The number of benzene rings is 3. The molecule has 3 aromatic carbocycles. The average Bonchev–Trinajstić information content (AvgIpc) is 3.88. The number of aromatic nitrogens is 3. The smallest absolute Gasteiger partial charge is 0.137 e. The lowest BCUT2D eigenvalue weighted by Gasteiger charge is -2.37. The Kier molecular flexibility index (Phi) is 9.25. The summed E-state index contributed by atoms with van der Waals surface area (Å²) in [4.78, 5) is 10.9. The number of rotatable bonds is 11. The molecule has 0 amide bonds. The zero-order chi connectivity index (χ0) is 34.0. The van der Waals surface area contributed by atoms with Gasteiger partial charge in [0.05, 0.1) is 19.2 Å². The molecule has 4 aromatic rings. The first kappa shape index (κ1) is 32.6. The van der Waals surface area contributed by atoms with E-state index in [0.717, 1.165) is 75.2 Å². The zero-order valence-corrected chi connectivity index (χ0v) is 28.3. The Labute approximate surface area is 287 Å². The number of hydrazone groups is 1. The molecule has 11 heteroatoms. The molecule has 49 heavy (non-hydrogen) atoms. The summed E-state index contributed by atoms with van der Waals surface area (Å²) in [6.07, 6.45) is 8.35. The third kappa shape index (κ3) is 6.84. The van der Waals surface area contributed by atoms with Crippen LogP contribution in [0.4, 0.5) is 25.8 Å². The molecular formula is C38H44F2N8O. The molecule has 0 radical (unpaired) electrons. The predicted molar refractivity (Wildman–Crippen MR) is 190 cm³/mol. The van der Waals surface area contributed by atoms with Crippen LogP contribution in [0.25, 0.3) is 0 Å². The third-order valence-electron chi connectivity index (χ3n) is 10.4. The van der Waals surface area contributed by atoms with Gasteiger partial charge in [-0.05, 0) is 98.7 Å². The van der Waals surface area contributed by atoms with Crippen LogP contribution in [0.1, 0.15) is 45.1 Å². The van der Waals surface area contributed by atoms with Crippen LogP contribution < -0.4 is 19.4 Å². The quantitative estimate of drug-likeness (QED) is 0.170.